The standard InChI is InChI=1S/C13H14N4OS/c1-7-10(8(2)18-17-7)6-19-13-15-11-4-3-9(14)5-12(11)16-13/h3-5H,6,14H2,1-2H3,(H,15,16). The van der Waals surface area contributed by atoms with Crippen LogP contribution in [0, 0.1) is 13.8 Å². The molecule has 3 rings (SSSR count). The molecule has 0 amide bonds. The van der Waals surface area contributed by atoms with Gasteiger partial charge in [-0.05, 0) is 32.0 Å². The Morgan fingerprint density at radius 2 is 2.21 bits per heavy atom. The zero-order valence-electron chi connectivity index (χ0n) is 10.7. The number of nitrogens with one attached hydrogen (secondary N) is 1. The van der Waals surface area contributed by atoms with E-state index in [0.717, 1.165) is 44.6 Å². The molecule has 2 aromatic heterocycles. The average molecular weight is 274 g/mol. The first-order chi connectivity index (χ1) is 9.13. The van der Waals surface area contributed by atoms with Gasteiger partial charge >= 0.3 is 0 Å². The van der Waals surface area contributed by atoms with Crippen LogP contribution in [-0.2, 0) is 5.75 Å². The Morgan fingerprint density at radius 1 is 1.37 bits per heavy atom. The quantitative estimate of drug-likeness (QED) is 0.566. The fourth-order valence-corrected chi connectivity index (χ4v) is 2.96. The van der Waals surface area contributed by atoms with Gasteiger partial charge in [-0.1, -0.05) is 16.9 Å². The molecule has 0 spiro atoms. The number of thioether (sulfide) groups is 1. The van der Waals surface area contributed by atoms with Gasteiger partial charge in [0.1, 0.15) is 5.76 Å². The Morgan fingerprint density at radius 3 is 2.95 bits per heavy atom. The topological polar surface area (TPSA) is 80.7 Å². The van der Waals surface area contributed by atoms with Crippen LogP contribution in [0.4, 0.5) is 5.69 Å². The SMILES string of the molecule is Cc1noc(C)c1CSc1nc2ccc(N)cc2[nH]1. The van der Waals surface area contributed by atoms with Crippen LogP contribution in [0.3, 0.4) is 0 Å². The Labute approximate surface area is 114 Å². The van der Waals surface area contributed by atoms with Crippen molar-refractivity contribution in [2.45, 2.75) is 24.8 Å². The summed E-state index contributed by atoms with van der Waals surface area (Å²) >= 11 is 1.63. The fraction of sp³-hybridized carbons (Fsp3) is 0.231. The number of anilines is 1. The molecule has 1 aromatic carbocycles. The number of nitrogen functional groups attached to an aromatic ring is 1. The Balaban J connectivity index is 1.82. The molecule has 0 atom stereocenters. The maximum atomic E-state index is 5.75. The van der Waals surface area contributed by atoms with Gasteiger partial charge in [0, 0.05) is 17.0 Å². The molecule has 5 nitrogen and oxygen atoms in total. The lowest BCUT2D eigenvalue weighted by Crippen LogP contribution is -1.85. The number of benzene rings is 1. The van der Waals surface area contributed by atoms with E-state index in [4.69, 9.17) is 10.3 Å². The molecule has 0 aliphatic carbocycles. The van der Waals surface area contributed by atoms with E-state index in [0.29, 0.717) is 0 Å². The molecule has 98 valence electrons. The smallest absolute Gasteiger partial charge is 0.166 e. The summed E-state index contributed by atoms with van der Waals surface area (Å²) in [7, 11) is 0. The predicted octanol–water partition coefficient (Wildman–Crippen LogP) is 3.04. The van der Waals surface area contributed by atoms with Crippen molar-refractivity contribution in [3.63, 3.8) is 0 Å². The van der Waals surface area contributed by atoms with Crippen molar-refractivity contribution < 1.29 is 4.52 Å². The minimum atomic E-state index is 0.735. The number of aromatic nitrogens is 3. The van der Waals surface area contributed by atoms with E-state index >= 15 is 0 Å². The van der Waals surface area contributed by atoms with Crippen molar-refractivity contribution in [1.29, 1.82) is 0 Å². The van der Waals surface area contributed by atoms with Crippen LogP contribution in [0.25, 0.3) is 11.0 Å². The van der Waals surface area contributed by atoms with E-state index < -0.39 is 0 Å². The third kappa shape index (κ3) is 2.31. The molecule has 0 saturated heterocycles. The fourth-order valence-electron chi connectivity index (χ4n) is 1.92. The Kier molecular flexibility index (Phi) is 2.94. The van der Waals surface area contributed by atoms with Gasteiger partial charge in [0.2, 0.25) is 0 Å². The van der Waals surface area contributed by atoms with Gasteiger partial charge in [-0.15, -0.1) is 0 Å². The van der Waals surface area contributed by atoms with Gasteiger partial charge in [-0.25, -0.2) is 4.98 Å². The minimum Gasteiger partial charge on any atom is -0.399 e. The highest BCUT2D eigenvalue weighted by Crippen LogP contribution is 2.26. The second-order valence-electron chi connectivity index (χ2n) is 4.41. The van der Waals surface area contributed by atoms with E-state index in [2.05, 4.69) is 15.1 Å². The highest BCUT2D eigenvalue weighted by Gasteiger charge is 2.11. The van der Waals surface area contributed by atoms with Crippen molar-refractivity contribution in [2.24, 2.45) is 0 Å². The number of aryl methyl sites for hydroxylation is 2. The van der Waals surface area contributed by atoms with Crippen molar-refractivity contribution >= 4 is 28.5 Å². The molecule has 0 saturated carbocycles. The van der Waals surface area contributed by atoms with Crippen molar-refractivity contribution in [1.82, 2.24) is 15.1 Å². The third-order valence-corrected chi connectivity index (χ3v) is 3.92. The molecule has 19 heavy (non-hydrogen) atoms. The van der Waals surface area contributed by atoms with Crippen LogP contribution in [-0.4, -0.2) is 15.1 Å². The monoisotopic (exact) mass is 274 g/mol. The van der Waals surface area contributed by atoms with Gasteiger partial charge in [0.15, 0.2) is 5.16 Å². The number of fused-ring (bicyclic) bond motifs is 1. The molecular formula is C13H14N4OS. The van der Waals surface area contributed by atoms with E-state index in [9.17, 15) is 0 Å². The van der Waals surface area contributed by atoms with Crippen LogP contribution < -0.4 is 5.73 Å². The lowest BCUT2D eigenvalue weighted by atomic mass is 10.2. The van der Waals surface area contributed by atoms with Crippen molar-refractivity contribution in [3.8, 4) is 0 Å². The molecule has 0 fully saturated rings. The maximum absolute atomic E-state index is 5.75. The molecular weight excluding hydrogens is 260 g/mol. The number of hydrogen-bond acceptors (Lipinski definition) is 5. The lowest BCUT2D eigenvalue weighted by Gasteiger charge is -1.96. The number of H-pyrrole nitrogens is 1. The highest BCUT2D eigenvalue weighted by atomic mass is 32.2. The molecule has 0 aliphatic heterocycles. The van der Waals surface area contributed by atoms with Crippen LogP contribution in [0.2, 0.25) is 0 Å². The molecule has 0 radical (unpaired) electrons. The van der Waals surface area contributed by atoms with Gasteiger partial charge in [-0.3, -0.25) is 0 Å². The summed E-state index contributed by atoms with van der Waals surface area (Å²) in [6.07, 6.45) is 0. The number of aromatic amines is 1. The van der Waals surface area contributed by atoms with Gasteiger partial charge in [0.05, 0.1) is 16.7 Å². The summed E-state index contributed by atoms with van der Waals surface area (Å²) in [6.45, 7) is 3.88. The zero-order chi connectivity index (χ0) is 13.4. The van der Waals surface area contributed by atoms with Crippen LogP contribution in [0.5, 0.6) is 0 Å². The first kappa shape index (κ1) is 12.1. The van der Waals surface area contributed by atoms with E-state index in [1.54, 1.807) is 11.8 Å². The zero-order valence-corrected chi connectivity index (χ0v) is 11.5. The second kappa shape index (κ2) is 4.62. The maximum Gasteiger partial charge on any atom is 0.166 e. The second-order valence-corrected chi connectivity index (χ2v) is 5.37. The minimum absolute atomic E-state index is 0.735. The number of hydrogen-bond donors (Lipinski definition) is 2. The van der Waals surface area contributed by atoms with Gasteiger partial charge in [-0.2, -0.15) is 0 Å². The van der Waals surface area contributed by atoms with Gasteiger partial charge < -0.3 is 15.2 Å². The first-order valence-electron chi connectivity index (χ1n) is 5.93. The number of imidazole rings is 1. The number of nitrogens with two attached hydrogens (primary N) is 1. The lowest BCUT2D eigenvalue weighted by molar-refractivity contribution is 0.392. The molecule has 2 heterocycles. The largest absolute Gasteiger partial charge is 0.399 e. The molecule has 3 aromatic rings. The van der Waals surface area contributed by atoms with Crippen LogP contribution >= 0.6 is 11.8 Å². The number of rotatable bonds is 3. The summed E-state index contributed by atoms with van der Waals surface area (Å²) in [5.41, 5.74) is 10.4. The first-order valence-corrected chi connectivity index (χ1v) is 6.92. The van der Waals surface area contributed by atoms with Crippen LogP contribution in [0.1, 0.15) is 17.0 Å². The molecule has 3 N–H and O–H groups in total. The van der Waals surface area contributed by atoms with E-state index in [1.807, 2.05) is 32.0 Å². The summed E-state index contributed by atoms with van der Waals surface area (Å²) in [5, 5.41) is 4.82. The molecule has 0 bridgehead atoms. The summed E-state index contributed by atoms with van der Waals surface area (Å²) in [5.74, 6) is 1.65. The summed E-state index contributed by atoms with van der Waals surface area (Å²) < 4.78 is 5.15. The Bertz CT molecular complexity index is 712. The van der Waals surface area contributed by atoms with Crippen molar-refractivity contribution in [2.75, 3.05) is 5.73 Å². The normalized spacial score (nSPS) is 11.3. The Hall–Kier alpha value is -1.95. The summed E-state index contributed by atoms with van der Waals surface area (Å²) in [6, 6.07) is 5.66. The summed E-state index contributed by atoms with van der Waals surface area (Å²) in [4.78, 5) is 7.77. The van der Waals surface area contributed by atoms with Crippen LogP contribution in [0.15, 0.2) is 27.9 Å². The molecule has 0 unspecified atom stereocenters. The predicted molar refractivity (Wildman–Crippen MR) is 76.0 cm³/mol. The van der Waals surface area contributed by atoms with E-state index in [1.165, 1.54) is 0 Å². The number of nitrogens with zero attached hydrogens (tertiary/aromatic N) is 2. The third-order valence-electron chi connectivity index (χ3n) is 3.02. The van der Waals surface area contributed by atoms with Crippen molar-refractivity contribution in [3.05, 3.63) is 35.2 Å². The average Bonchev–Trinajstić information content (AvgIpc) is 2.91. The highest BCUT2D eigenvalue weighted by molar-refractivity contribution is 7.98. The molecule has 6 heteroatoms. The van der Waals surface area contributed by atoms with Gasteiger partial charge in [0.25, 0.3) is 0 Å². The molecule has 0 aliphatic rings. The van der Waals surface area contributed by atoms with E-state index in [-0.39, 0.29) is 0 Å².